The first-order valence-electron chi connectivity index (χ1n) is 8.69. The van der Waals surface area contributed by atoms with Gasteiger partial charge in [-0.05, 0) is 57.7 Å². The lowest BCUT2D eigenvalue weighted by atomic mass is 9.94. The first-order chi connectivity index (χ1) is 11.5. The van der Waals surface area contributed by atoms with Gasteiger partial charge in [0, 0.05) is 18.5 Å². The van der Waals surface area contributed by atoms with E-state index in [-0.39, 0.29) is 23.4 Å². The maximum Gasteiger partial charge on any atom is 0.213 e. The van der Waals surface area contributed by atoms with Crippen LogP contribution in [0.4, 0.5) is 0 Å². The summed E-state index contributed by atoms with van der Waals surface area (Å²) >= 11 is 0. The van der Waals surface area contributed by atoms with Gasteiger partial charge in [0.25, 0.3) is 0 Å². The van der Waals surface area contributed by atoms with Crippen LogP contribution in [0.2, 0.25) is 0 Å². The van der Waals surface area contributed by atoms with Gasteiger partial charge in [-0.25, -0.2) is 13.4 Å². The van der Waals surface area contributed by atoms with Gasteiger partial charge in [0.05, 0.1) is 17.1 Å². The smallest absolute Gasteiger partial charge is 0.213 e. The Morgan fingerprint density at radius 3 is 2.16 bits per heavy atom. The van der Waals surface area contributed by atoms with E-state index in [1.807, 2.05) is 0 Å². The number of rotatable bonds is 5. The van der Waals surface area contributed by atoms with E-state index >= 15 is 0 Å². The van der Waals surface area contributed by atoms with Crippen molar-refractivity contribution in [3.63, 3.8) is 0 Å². The zero-order valence-corrected chi connectivity index (χ0v) is 16.2. The minimum atomic E-state index is -3.21. The van der Waals surface area contributed by atoms with Gasteiger partial charge >= 0.3 is 0 Å². The molecule has 1 aliphatic carbocycles. The molecule has 1 saturated heterocycles. The van der Waals surface area contributed by atoms with Gasteiger partial charge in [-0.3, -0.25) is 0 Å². The van der Waals surface area contributed by atoms with Crippen molar-refractivity contribution in [3.05, 3.63) is 18.3 Å². The second kappa shape index (κ2) is 9.16. The zero-order valence-electron chi connectivity index (χ0n) is 14.5. The van der Waals surface area contributed by atoms with Crippen LogP contribution < -0.4 is 10.1 Å². The molecule has 1 aromatic rings. The fourth-order valence-electron chi connectivity index (χ4n) is 3.32. The molecule has 8 heteroatoms. The largest absolute Gasteiger partial charge is 0.474 e. The standard InChI is InChI=1S/C17H26N2O4S.ClH/c1-24(20,21)16-6-7-17(19-12-16)23-14-4-2-13(3-5-14)22-15-8-10-18-11-9-15;/h6-7,12-15,18H,2-5,8-11H2,1H3;1H. The third-order valence-electron chi connectivity index (χ3n) is 4.72. The Balaban J connectivity index is 0.00000225. The molecule has 0 amide bonds. The van der Waals surface area contributed by atoms with Gasteiger partial charge in [0.2, 0.25) is 5.88 Å². The van der Waals surface area contributed by atoms with Crippen LogP contribution in [0.15, 0.2) is 23.2 Å². The number of nitrogens with one attached hydrogen (secondary N) is 1. The number of aromatic nitrogens is 1. The minimum Gasteiger partial charge on any atom is -0.474 e. The van der Waals surface area contributed by atoms with Crippen molar-refractivity contribution in [2.24, 2.45) is 0 Å². The third-order valence-corrected chi connectivity index (χ3v) is 5.81. The molecule has 1 aliphatic heterocycles. The average molecular weight is 391 g/mol. The van der Waals surface area contributed by atoms with Crippen LogP contribution in [0.1, 0.15) is 38.5 Å². The molecular weight excluding hydrogens is 364 g/mol. The lowest BCUT2D eigenvalue weighted by Crippen LogP contribution is -2.37. The average Bonchev–Trinajstić information content (AvgIpc) is 2.57. The maximum absolute atomic E-state index is 11.4. The van der Waals surface area contributed by atoms with Gasteiger partial charge in [-0.2, -0.15) is 0 Å². The molecule has 2 fully saturated rings. The summed E-state index contributed by atoms with van der Waals surface area (Å²) in [5, 5.41) is 3.35. The molecule has 2 heterocycles. The summed E-state index contributed by atoms with van der Waals surface area (Å²) < 4.78 is 35.0. The van der Waals surface area contributed by atoms with Crippen LogP contribution in [0.5, 0.6) is 5.88 Å². The zero-order chi connectivity index (χ0) is 17.0. The van der Waals surface area contributed by atoms with Crippen molar-refractivity contribution >= 4 is 22.2 Å². The van der Waals surface area contributed by atoms with Crippen molar-refractivity contribution in [2.45, 2.75) is 61.7 Å². The van der Waals surface area contributed by atoms with Crippen molar-refractivity contribution in [1.82, 2.24) is 10.3 Å². The molecule has 1 saturated carbocycles. The van der Waals surface area contributed by atoms with E-state index in [4.69, 9.17) is 9.47 Å². The van der Waals surface area contributed by atoms with Crippen molar-refractivity contribution < 1.29 is 17.9 Å². The highest BCUT2D eigenvalue weighted by molar-refractivity contribution is 7.90. The summed E-state index contributed by atoms with van der Waals surface area (Å²) in [6, 6.07) is 3.18. The second-order valence-corrected chi connectivity index (χ2v) is 8.72. The topological polar surface area (TPSA) is 77.5 Å². The first-order valence-corrected chi connectivity index (χ1v) is 10.6. The normalized spacial score (nSPS) is 25.2. The van der Waals surface area contributed by atoms with E-state index in [9.17, 15) is 8.42 Å². The van der Waals surface area contributed by atoms with E-state index < -0.39 is 9.84 Å². The monoisotopic (exact) mass is 390 g/mol. The molecule has 1 aromatic heterocycles. The molecule has 1 N–H and O–H groups in total. The fraction of sp³-hybridized carbons (Fsp3) is 0.706. The highest BCUT2D eigenvalue weighted by Crippen LogP contribution is 2.27. The summed E-state index contributed by atoms with van der Waals surface area (Å²) in [5.74, 6) is 0.491. The molecule has 0 bridgehead atoms. The number of hydrogen-bond donors (Lipinski definition) is 1. The second-order valence-electron chi connectivity index (χ2n) is 6.71. The van der Waals surface area contributed by atoms with Crippen LogP contribution in [-0.4, -0.2) is 51.1 Å². The van der Waals surface area contributed by atoms with Gasteiger partial charge in [-0.15, -0.1) is 12.4 Å². The molecule has 0 unspecified atom stereocenters. The van der Waals surface area contributed by atoms with Gasteiger partial charge < -0.3 is 14.8 Å². The lowest BCUT2D eigenvalue weighted by Gasteiger charge is -2.33. The molecule has 6 nitrogen and oxygen atoms in total. The summed E-state index contributed by atoms with van der Waals surface area (Å²) in [6.07, 6.45) is 9.54. The molecule has 25 heavy (non-hydrogen) atoms. The van der Waals surface area contributed by atoms with E-state index in [0.29, 0.717) is 18.1 Å². The molecule has 3 rings (SSSR count). The molecule has 142 valence electrons. The highest BCUT2D eigenvalue weighted by atomic mass is 35.5. The molecule has 0 radical (unpaired) electrons. The van der Waals surface area contributed by atoms with Crippen molar-refractivity contribution in [1.29, 1.82) is 0 Å². The summed E-state index contributed by atoms with van der Waals surface area (Å²) in [6.45, 7) is 2.11. The Bertz CT molecular complexity index is 625. The van der Waals surface area contributed by atoms with Crippen molar-refractivity contribution in [3.8, 4) is 5.88 Å². The van der Waals surface area contributed by atoms with Crippen LogP contribution in [0.3, 0.4) is 0 Å². The number of hydrogen-bond acceptors (Lipinski definition) is 6. The SMILES string of the molecule is CS(=O)(=O)c1ccc(OC2CCC(OC3CCNCC3)CC2)nc1.Cl. The number of piperidine rings is 1. The molecule has 0 aromatic carbocycles. The predicted octanol–water partition coefficient (Wildman–Crippen LogP) is 2.37. The highest BCUT2D eigenvalue weighted by Gasteiger charge is 2.26. The Morgan fingerprint density at radius 2 is 1.60 bits per heavy atom. The summed E-state index contributed by atoms with van der Waals surface area (Å²) in [4.78, 5) is 4.33. The van der Waals surface area contributed by atoms with Gasteiger partial charge in [-0.1, -0.05) is 0 Å². The van der Waals surface area contributed by atoms with E-state index in [1.165, 1.54) is 12.5 Å². The van der Waals surface area contributed by atoms with Gasteiger partial charge in [0.1, 0.15) is 6.10 Å². The Hall–Kier alpha value is -0.890. The van der Waals surface area contributed by atoms with Crippen molar-refractivity contribution in [2.75, 3.05) is 19.3 Å². The number of nitrogens with zero attached hydrogens (tertiary/aromatic N) is 1. The molecular formula is C17H27ClN2O4S. The number of halogens is 1. The maximum atomic E-state index is 11.4. The van der Waals surface area contributed by atoms with Crippen LogP contribution in [0, 0.1) is 0 Å². The summed E-state index contributed by atoms with van der Waals surface area (Å²) in [7, 11) is -3.21. The minimum absolute atomic E-state index is 0. The Kier molecular flexibility index (Phi) is 7.49. The van der Waals surface area contributed by atoms with Gasteiger partial charge in [0.15, 0.2) is 9.84 Å². The lowest BCUT2D eigenvalue weighted by molar-refractivity contribution is -0.0551. The van der Waals surface area contributed by atoms with Crippen LogP contribution in [0.25, 0.3) is 0 Å². The van der Waals surface area contributed by atoms with E-state index in [2.05, 4.69) is 10.3 Å². The fourth-order valence-corrected chi connectivity index (χ4v) is 3.88. The Morgan fingerprint density at radius 1 is 1.00 bits per heavy atom. The summed E-state index contributed by atoms with van der Waals surface area (Å²) in [5.41, 5.74) is 0. The quantitative estimate of drug-likeness (QED) is 0.831. The molecule has 2 aliphatic rings. The number of ether oxygens (including phenoxy) is 2. The first kappa shape index (κ1) is 20.4. The van der Waals surface area contributed by atoms with Crippen LogP contribution in [-0.2, 0) is 14.6 Å². The molecule has 0 spiro atoms. The number of pyridine rings is 1. The van der Waals surface area contributed by atoms with E-state index in [1.54, 1.807) is 12.1 Å². The number of sulfone groups is 1. The molecule has 0 atom stereocenters. The van der Waals surface area contributed by atoms with Crippen LogP contribution >= 0.6 is 12.4 Å². The van der Waals surface area contributed by atoms with E-state index in [0.717, 1.165) is 51.6 Å². The Labute approximate surface area is 156 Å². The predicted molar refractivity (Wildman–Crippen MR) is 98.2 cm³/mol. The third kappa shape index (κ3) is 6.09.